The summed E-state index contributed by atoms with van der Waals surface area (Å²) in [5, 5.41) is 15.2. The second kappa shape index (κ2) is 9.19. The molecule has 0 radical (unpaired) electrons. The van der Waals surface area contributed by atoms with Gasteiger partial charge < -0.3 is 19.4 Å². The van der Waals surface area contributed by atoms with Crippen LogP contribution in [-0.2, 0) is 0 Å². The van der Waals surface area contributed by atoms with Crippen LogP contribution in [0.3, 0.4) is 0 Å². The maximum absolute atomic E-state index is 11.2. The molecule has 0 spiro atoms. The van der Waals surface area contributed by atoms with Gasteiger partial charge in [-0.1, -0.05) is 18.2 Å². The minimum Gasteiger partial charge on any atom is -0.496 e. The maximum atomic E-state index is 11.2. The molecule has 0 unspecified atom stereocenters. The summed E-state index contributed by atoms with van der Waals surface area (Å²) in [6, 6.07) is 21.5. The minimum absolute atomic E-state index is 0.0523. The van der Waals surface area contributed by atoms with Crippen molar-refractivity contribution in [1.82, 2.24) is 10.3 Å². The summed E-state index contributed by atoms with van der Waals surface area (Å²) < 4.78 is 11.8. The van der Waals surface area contributed by atoms with Crippen LogP contribution >= 0.6 is 12.2 Å². The van der Waals surface area contributed by atoms with Crippen LogP contribution in [0.15, 0.2) is 83.4 Å². The first-order valence-electron chi connectivity index (χ1n) is 11.0. The van der Waals surface area contributed by atoms with Crippen LogP contribution in [0.25, 0.3) is 11.3 Å². The Morgan fingerprint density at radius 3 is 2.69 bits per heavy atom. The lowest BCUT2D eigenvalue weighted by Gasteiger charge is -2.26. The molecule has 1 fully saturated rings. The van der Waals surface area contributed by atoms with Crippen molar-refractivity contribution in [2.75, 3.05) is 12.0 Å². The summed E-state index contributed by atoms with van der Waals surface area (Å²) >= 11 is 5.76. The van der Waals surface area contributed by atoms with Gasteiger partial charge >= 0.3 is 0 Å². The lowest BCUT2D eigenvalue weighted by Crippen LogP contribution is -2.29. The fourth-order valence-corrected chi connectivity index (χ4v) is 4.70. The largest absolute Gasteiger partial charge is 0.496 e. The van der Waals surface area contributed by atoms with Gasteiger partial charge in [-0.3, -0.25) is 15.1 Å². The Hall–Kier alpha value is -4.24. The highest BCUT2D eigenvalue weighted by atomic mass is 32.1. The van der Waals surface area contributed by atoms with Gasteiger partial charge in [-0.05, 0) is 67.2 Å². The van der Waals surface area contributed by atoms with Crippen LogP contribution < -0.4 is 15.0 Å². The number of thiocarbonyl (C=S) groups is 1. The van der Waals surface area contributed by atoms with Crippen LogP contribution in [-0.4, -0.2) is 22.1 Å². The van der Waals surface area contributed by atoms with E-state index in [2.05, 4.69) is 16.4 Å². The number of ether oxygens (including phenoxy) is 1. The molecule has 0 aliphatic carbocycles. The number of aryl methyl sites for hydroxylation is 1. The zero-order valence-electron chi connectivity index (χ0n) is 19.0. The predicted octanol–water partition coefficient (Wildman–Crippen LogP) is 5.74. The number of nitrogens with zero attached hydrogens (tertiary/aromatic N) is 3. The molecule has 1 saturated heterocycles. The highest BCUT2D eigenvalue weighted by Gasteiger charge is 2.42. The number of benzene rings is 2. The number of rotatable bonds is 6. The molecule has 3 heterocycles. The molecular formula is C26H22N4O4S. The third-order valence-corrected chi connectivity index (χ3v) is 6.27. The van der Waals surface area contributed by atoms with Gasteiger partial charge in [-0.25, -0.2) is 0 Å². The highest BCUT2D eigenvalue weighted by molar-refractivity contribution is 7.80. The van der Waals surface area contributed by atoms with Crippen molar-refractivity contribution in [2.45, 2.75) is 19.0 Å². The molecule has 1 aliphatic heterocycles. The third kappa shape index (κ3) is 4.22. The van der Waals surface area contributed by atoms with Crippen LogP contribution in [0.5, 0.6) is 5.75 Å². The van der Waals surface area contributed by atoms with Crippen LogP contribution in [0.1, 0.15) is 29.1 Å². The summed E-state index contributed by atoms with van der Waals surface area (Å²) in [6.07, 6.45) is 1.75. The first-order chi connectivity index (χ1) is 17.0. The fourth-order valence-electron chi connectivity index (χ4n) is 4.35. The number of nitrogens with one attached hydrogen (secondary N) is 1. The minimum atomic E-state index is -0.456. The van der Waals surface area contributed by atoms with Gasteiger partial charge in [0.05, 0.1) is 35.4 Å². The number of hydrogen-bond donors (Lipinski definition) is 1. The van der Waals surface area contributed by atoms with Gasteiger partial charge in [-0.15, -0.1) is 0 Å². The quantitative estimate of drug-likeness (QED) is 0.209. The average molecular weight is 487 g/mol. The van der Waals surface area contributed by atoms with Gasteiger partial charge in [-0.2, -0.15) is 0 Å². The van der Waals surface area contributed by atoms with Gasteiger partial charge in [0.2, 0.25) is 0 Å². The van der Waals surface area contributed by atoms with Crippen LogP contribution in [0.4, 0.5) is 11.4 Å². The van der Waals surface area contributed by atoms with Crippen molar-refractivity contribution in [3.63, 3.8) is 0 Å². The van der Waals surface area contributed by atoms with Crippen molar-refractivity contribution in [3.05, 3.63) is 106 Å². The summed E-state index contributed by atoms with van der Waals surface area (Å²) in [6.45, 7) is 2.03. The van der Waals surface area contributed by atoms with Crippen molar-refractivity contribution in [2.24, 2.45) is 0 Å². The molecule has 4 aromatic rings. The lowest BCUT2D eigenvalue weighted by molar-refractivity contribution is -0.384. The number of aromatic nitrogens is 1. The summed E-state index contributed by atoms with van der Waals surface area (Å²) in [5.41, 5.74) is 3.46. The Morgan fingerprint density at radius 1 is 1.11 bits per heavy atom. The number of anilines is 1. The monoisotopic (exact) mass is 486 g/mol. The third-order valence-electron chi connectivity index (χ3n) is 5.96. The molecule has 35 heavy (non-hydrogen) atoms. The van der Waals surface area contributed by atoms with E-state index in [1.165, 1.54) is 19.2 Å². The Morgan fingerprint density at radius 2 is 1.97 bits per heavy atom. The number of nitro groups is 1. The molecule has 8 nitrogen and oxygen atoms in total. The van der Waals surface area contributed by atoms with Crippen LogP contribution in [0.2, 0.25) is 0 Å². The molecule has 0 amide bonds. The molecule has 1 aliphatic rings. The molecule has 0 bridgehead atoms. The Labute approximate surface area is 207 Å². The molecule has 2 aromatic heterocycles. The van der Waals surface area contributed by atoms with Gasteiger partial charge in [0.1, 0.15) is 23.3 Å². The first-order valence-corrected chi connectivity index (χ1v) is 11.4. The van der Waals surface area contributed by atoms with E-state index < -0.39 is 4.92 Å². The van der Waals surface area contributed by atoms with E-state index in [1.807, 2.05) is 60.4 Å². The van der Waals surface area contributed by atoms with E-state index in [9.17, 15) is 10.1 Å². The second-order valence-electron chi connectivity index (χ2n) is 8.18. The first kappa shape index (κ1) is 22.5. The standard InChI is InChI=1S/C26H22N4O4S/c1-16-6-5-7-17(14-16)29-25(24(28-26(29)35)20-8-3-4-13-27-20)22-12-11-21(34-22)19-10-9-18(30(31)32)15-23(19)33-2/h3-15,24-25H,1-2H3,(H,28,35)/t24-,25+/m1/s1. The average Bonchev–Trinajstić information content (AvgIpc) is 3.48. The number of hydrogen-bond acceptors (Lipinski definition) is 6. The second-order valence-corrected chi connectivity index (χ2v) is 8.57. The van der Waals surface area contributed by atoms with Gasteiger partial charge in [0.15, 0.2) is 5.11 Å². The Bertz CT molecular complexity index is 1410. The van der Waals surface area contributed by atoms with Gasteiger partial charge in [0.25, 0.3) is 5.69 Å². The highest BCUT2D eigenvalue weighted by Crippen LogP contribution is 2.44. The molecule has 5 rings (SSSR count). The summed E-state index contributed by atoms with van der Waals surface area (Å²) in [7, 11) is 1.47. The fraction of sp³-hybridized carbons (Fsp3) is 0.154. The molecule has 2 aromatic carbocycles. The molecular weight excluding hydrogens is 464 g/mol. The van der Waals surface area contributed by atoms with E-state index in [0.29, 0.717) is 27.9 Å². The zero-order valence-corrected chi connectivity index (χ0v) is 19.9. The Kier molecular flexibility index (Phi) is 5.92. The lowest BCUT2D eigenvalue weighted by atomic mass is 10.0. The van der Waals surface area contributed by atoms with Gasteiger partial charge in [0, 0.05) is 18.0 Å². The molecule has 2 atom stereocenters. The van der Waals surface area contributed by atoms with E-state index in [0.717, 1.165) is 16.9 Å². The smallest absolute Gasteiger partial charge is 0.273 e. The predicted molar refractivity (Wildman–Crippen MR) is 136 cm³/mol. The van der Waals surface area contributed by atoms with Crippen molar-refractivity contribution in [1.29, 1.82) is 0 Å². The van der Waals surface area contributed by atoms with E-state index in [-0.39, 0.29) is 17.8 Å². The summed E-state index contributed by atoms with van der Waals surface area (Å²) in [4.78, 5) is 17.3. The van der Waals surface area contributed by atoms with Crippen LogP contribution in [0, 0.1) is 17.0 Å². The SMILES string of the molecule is COc1cc([N+](=O)[O-])ccc1-c1ccc([C@H]2[C@@H](c3ccccn3)NC(=S)N2c2cccc(C)c2)o1. The number of nitro benzene ring substituents is 1. The van der Waals surface area contributed by atoms with Crippen molar-refractivity contribution >= 4 is 28.7 Å². The van der Waals surface area contributed by atoms with E-state index in [4.69, 9.17) is 21.4 Å². The molecule has 9 heteroatoms. The zero-order chi connectivity index (χ0) is 24.5. The van der Waals surface area contributed by atoms with Crippen molar-refractivity contribution < 1.29 is 14.1 Å². The number of methoxy groups -OCH3 is 1. The van der Waals surface area contributed by atoms with E-state index in [1.54, 1.807) is 12.3 Å². The molecule has 176 valence electrons. The topological polar surface area (TPSA) is 93.7 Å². The number of pyridine rings is 1. The summed E-state index contributed by atoms with van der Waals surface area (Å²) in [5.74, 6) is 1.57. The number of non-ortho nitro benzene ring substituents is 1. The Balaban J connectivity index is 1.60. The maximum Gasteiger partial charge on any atom is 0.273 e. The molecule has 0 saturated carbocycles. The van der Waals surface area contributed by atoms with Crippen molar-refractivity contribution in [3.8, 4) is 17.1 Å². The normalized spacial score (nSPS) is 17.3. The van der Waals surface area contributed by atoms with E-state index >= 15 is 0 Å². The number of furan rings is 1. The molecule has 1 N–H and O–H groups in total.